The fourth-order valence-corrected chi connectivity index (χ4v) is 5.06. The Labute approximate surface area is 186 Å². The molecule has 1 fully saturated rings. The topological polar surface area (TPSA) is 60.9 Å². The zero-order chi connectivity index (χ0) is 22.4. The van der Waals surface area contributed by atoms with Crippen LogP contribution < -0.4 is 4.31 Å². The number of carbonyl (C=O) groups is 1. The molecule has 1 amide bonds. The fourth-order valence-electron chi connectivity index (χ4n) is 4.11. The average molecular weight is 444 g/mol. The highest BCUT2D eigenvalue weighted by molar-refractivity contribution is 7.92. The molecule has 3 rings (SSSR count). The zero-order valence-corrected chi connectivity index (χ0v) is 19.6. The number of benzene rings is 2. The van der Waals surface area contributed by atoms with E-state index in [4.69, 9.17) is 0 Å². The summed E-state index contributed by atoms with van der Waals surface area (Å²) in [6.07, 6.45) is 2.08. The van der Waals surface area contributed by atoms with E-state index in [1.54, 1.807) is 0 Å². The number of piperazine rings is 1. The molecule has 168 valence electrons. The minimum atomic E-state index is -3.41. The van der Waals surface area contributed by atoms with Crippen LogP contribution in [0.25, 0.3) is 0 Å². The van der Waals surface area contributed by atoms with Gasteiger partial charge in [0.2, 0.25) is 15.9 Å². The first-order valence-corrected chi connectivity index (χ1v) is 12.7. The fraction of sp³-hybridized carbons (Fsp3) is 0.458. The Bertz CT molecular complexity index is 964. The Hall–Kier alpha value is -2.38. The van der Waals surface area contributed by atoms with Crippen molar-refractivity contribution in [1.29, 1.82) is 0 Å². The summed E-state index contributed by atoms with van der Waals surface area (Å²) in [4.78, 5) is 16.9. The molecule has 0 N–H and O–H groups in total. The maximum atomic E-state index is 12.7. The highest BCUT2D eigenvalue weighted by atomic mass is 32.2. The SMILES string of the molecule is Cc1cc(C)cc(N(CCCC(=O)N2CCN(Cc3ccccc3)CC2)S(C)(=O)=O)c1. The molecule has 1 aliphatic rings. The molecule has 1 saturated heterocycles. The van der Waals surface area contributed by atoms with Gasteiger partial charge in [0.05, 0.1) is 11.9 Å². The summed E-state index contributed by atoms with van der Waals surface area (Å²) in [7, 11) is -3.41. The molecule has 1 aliphatic heterocycles. The highest BCUT2D eigenvalue weighted by Gasteiger charge is 2.22. The maximum Gasteiger partial charge on any atom is 0.232 e. The normalized spacial score (nSPS) is 15.1. The number of aryl methyl sites for hydroxylation is 2. The van der Waals surface area contributed by atoms with Crippen molar-refractivity contribution in [3.63, 3.8) is 0 Å². The number of hydrogen-bond donors (Lipinski definition) is 0. The third kappa shape index (κ3) is 6.80. The minimum absolute atomic E-state index is 0.105. The summed E-state index contributed by atoms with van der Waals surface area (Å²) in [6.45, 7) is 8.29. The van der Waals surface area contributed by atoms with Crippen LogP contribution in [0.1, 0.15) is 29.5 Å². The van der Waals surface area contributed by atoms with Crippen LogP contribution in [0.15, 0.2) is 48.5 Å². The van der Waals surface area contributed by atoms with E-state index in [1.165, 1.54) is 16.1 Å². The number of rotatable bonds is 8. The van der Waals surface area contributed by atoms with Crippen molar-refractivity contribution in [2.75, 3.05) is 43.3 Å². The molecule has 2 aromatic carbocycles. The molecule has 0 radical (unpaired) electrons. The summed E-state index contributed by atoms with van der Waals surface area (Å²) < 4.78 is 26.1. The molecule has 0 bridgehead atoms. The summed E-state index contributed by atoms with van der Waals surface area (Å²) in [5.41, 5.74) is 4.00. The lowest BCUT2D eigenvalue weighted by Gasteiger charge is -2.35. The summed E-state index contributed by atoms with van der Waals surface area (Å²) in [6, 6.07) is 16.1. The molecule has 31 heavy (non-hydrogen) atoms. The van der Waals surface area contributed by atoms with Gasteiger partial charge in [0.15, 0.2) is 0 Å². The van der Waals surface area contributed by atoms with Crippen molar-refractivity contribution < 1.29 is 13.2 Å². The van der Waals surface area contributed by atoms with Gasteiger partial charge < -0.3 is 4.90 Å². The van der Waals surface area contributed by atoms with E-state index >= 15 is 0 Å². The van der Waals surface area contributed by atoms with E-state index in [0.29, 0.717) is 25.1 Å². The van der Waals surface area contributed by atoms with Gasteiger partial charge in [-0.3, -0.25) is 14.0 Å². The quantitative estimate of drug-likeness (QED) is 0.629. The summed E-state index contributed by atoms with van der Waals surface area (Å²) in [5.74, 6) is 0.105. The van der Waals surface area contributed by atoms with Crippen molar-refractivity contribution in [2.24, 2.45) is 0 Å². The van der Waals surface area contributed by atoms with Crippen molar-refractivity contribution >= 4 is 21.6 Å². The zero-order valence-electron chi connectivity index (χ0n) is 18.8. The van der Waals surface area contributed by atoms with Crippen LogP contribution in [0.5, 0.6) is 0 Å². The minimum Gasteiger partial charge on any atom is -0.340 e. The van der Waals surface area contributed by atoms with Crippen LogP contribution in [0.4, 0.5) is 5.69 Å². The standard InChI is InChI=1S/C24H33N3O3S/c1-20-16-21(2)18-23(17-20)27(31(3,29)30)11-7-10-24(28)26-14-12-25(13-15-26)19-22-8-5-4-6-9-22/h4-6,8-9,16-18H,7,10-15,19H2,1-3H3. The number of hydrogen-bond acceptors (Lipinski definition) is 4. The number of nitrogens with zero attached hydrogens (tertiary/aromatic N) is 3. The van der Waals surface area contributed by atoms with Crippen molar-refractivity contribution in [2.45, 2.75) is 33.2 Å². The van der Waals surface area contributed by atoms with Crippen LogP contribution in [0.2, 0.25) is 0 Å². The second-order valence-electron chi connectivity index (χ2n) is 8.43. The van der Waals surface area contributed by atoms with E-state index in [2.05, 4.69) is 17.0 Å². The molecule has 7 heteroatoms. The molecule has 0 spiro atoms. The Morgan fingerprint density at radius 1 is 0.968 bits per heavy atom. The van der Waals surface area contributed by atoms with Crippen molar-refractivity contribution in [1.82, 2.24) is 9.80 Å². The van der Waals surface area contributed by atoms with Crippen LogP contribution in [-0.4, -0.2) is 63.1 Å². The van der Waals surface area contributed by atoms with Gasteiger partial charge in [-0.1, -0.05) is 36.4 Å². The molecule has 0 aromatic heterocycles. The first-order valence-electron chi connectivity index (χ1n) is 10.8. The first-order chi connectivity index (χ1) is 14.7. The van der Waals surface area contributed by atoms with E-state index < -0.39 is 10.0 Å². The number of amides is 1. The lowest BCUT2D eigenvalue weighted by Crippen LogP contribution is -2.48. The van der Waals surface area contributed by atoms with E-state index in [0.717, 1.165) is 43.9 Å². The number of anilines is 1. The Balaban J connectivity index is 1.49. The summed E-state index contributed by atoms with van der Waals surface area (Å²) >= 11 is 0. The van der Waals surface area contributed by atoms with Crippen LogP contribution >= 0.6 is 0 Å². The molecular weight excluding hydrogens is 410 g/mol. The molecule has 0 aliphatic carbocycles. The Kier molecular flexibility index (Phi) is 7.73. The average Bonchev–Trinajstić information content (AvgIpc) is 2.70. The molecule has 1 heterocycles. The first kappa shape index (κ1) is 23.3. The van der Waals surface area contributed by atoms with Gasteiger partial charge in [0.25, 0.3) is 0 Å². The predicted molar refractivity (Wildman–Crippen MR) is 126 cm³/mol. The molecule has 6 nitrogen and oxygen atoms in total. The lowest BCUT2D eigenvalue weighted by atomic mass is 10.1. The molecule has 2 aromatic rings. The van der Waals surface area contributed by atoms with Gasteiger partial charge in [-0.05, 0) is 49.1 Å². The van der Waals surface area contributed by atoms with Gasteiger partial charge in [-0.25, -0.2) is 8.42 Å². The van der Waals surface area contributed by atoms with Crippen LogP contribution in [0, 0.1) is 13.8 Å². The second-order valence-corrected chi connectivity index (χ2v) is 10.3. The molecule has 0 unspecified atom stereocenters. The number of sulfonamides is 1. The molecular formula is C24H33N3O3S. The van der Waals surface area contributed by atoms with Crippen LogP contribution in [0.3, 0.4) is 0 Å². The third-order valence-corrected chi connectivity index (χ3v) is 6.81. The van der Waals surface area contributed by atoms with E-state index in [9.17, 15) is 13.2 Å². The van der Waals surface area contributed by atoms with Crippen molar-refractivity contribution in [3.05, 3.63) is 65.2 Å². The van der Waals surface area contributed by atoms with Gasteiger partial charge in [-0.15, -0.1) is 0 Å². The van der Waals surface area contributed by atoms with E-state index in [-0.39, 0.29) is 5.91 Å². The molecule has 0 saturated carbocycles. The smallest absolute Gasteiger partial charge is 0.232 e. The maximum absolute atomic E-state index is 12.7. The monoisotopic (exact) mass is 443 g/mol. The predicted octanol–water partition coefficient (Wildman–Crippen LogP) is 3.19. The number of carbonyl (C=O) groups excluding carboxylic acids is 1. The van der Waals surface area contributed by atoms with Crippen LogP contribution in [-0.2, 0) is 21.4 Å². The summed E-state index contributed by atoms with van der Waals surface area (Å²) in [5, 5.41) is 0. The van der Waals surface area contributed by atoms with Gasteiger partial charge in [-0.2, -0.15) is 0 Å². The molecule has 0 atom stereocenters. The third-order valence-electron chi connectivity index (χ3n) is 5.62. The van der Waals surface area contributed by atoms with Gasteiger partial charge in [0.1, 0.15) is 0 Å². The Morgan fingerprint density at radius 3 is 2.16 bits per heavy atom. The highest BCUT2D eigenvalue weighted by Crippen LogP contribution is 2.22. The lowest BCUT2D eigenvalue weighted by molar-refractivity contribution is -0.133. The second kappa shape index (κ2) is 10.3. The largest absolute Gasteiger partial charge is 0.340 e. The van der Waals surface area contributed by atoms with Crippen molar-refractivity contribution in [3.8, 4) is 0 Å². The van der Waals surface area contributed by atoms with Gasteiger partial charge >= 0.3 is 0 Å². The van der Waals surface area contributed by atoms with Gasteiger partial charge in [0, 0.05) is 45.7 Å². The Morgan fingerprint density at radius 2 is 1.58 bits per heavy atom. The van der Waals surface area contributed by atoms with E-state index in [1.807, 2.05) is 55.1 Å².